The van der Waals surface area contributed by atoms with E-state index in [1.54, 1.807) is 6.92 Å². The van der Waals surface area contributed by atoms with Gasteiger partial charge in [-0.15, -0.1) is 0 Å². The smallest absolute Gasteiger partial charge is 0.306 e. The molecular weight excluding hydrogens is 315 g/mol. The molecule has 0 saturated carbocycles. The van der Waals surface area contributed by atoms with E-state index in [9.17, 15) is 28.0 Å². The van der Waals surface area contributed by atoms with Gasteiger partial charge in [0, 0.05) is 6.07 Å². The first-order valence-electron chi connectivity index (χ1n) is 5.97. The molecule has 22 heavy (non-hydrogen) atoms. The second-order valence-electron chi connectivity index (χ2n) is 4.48. The van der Waals surface area contributed by atoms with Crippen LogP contribution in [-0.2, 0) is 10.0 Å². The number of hydrogen-bond acceptors (Lipinski definition) is 5. The highest BCUT2D eigenvalue weighted by atomic mass is 32.2. The Labute approximate surface area is 125 Å². The maximum absolute atomic E-state index is 13.3. The number of sulfonamides is 1. The third-order valence-corrected chi connectivity index (χ3v) is 4.24. The topological polar surface area (TPSA) is 110 Å². The van der Waals surface area contributed by atoms with Crippen LogP contribution >= 0.6 is 0 Å². The number of hydrogen-bond donors (Lipinski definition) is 2. The fourth-order valence-corrected chi connectivity index (χ4v) is 2.92. The molecule has 0 fully saturated rings. The summed E-state index contributed by atoms with van der Waals surface area (Å²) in [6, 6.07) is 6.29. The van der Waals surface area contributed by atoms with Crippen LogP contribution in [0.25, 0.3) is 0 Å². The molecule has 0 aliphatic rings. The molecule has 0 atom stereocenters. The summed E-state index contributed by atoms with van der Waals surface area (Å²) in [5, 5.41) is 20.0. The summed E-state index contributed by atoms with van der Waals surface area (Å²) in [4.78, 5) is 9.24. The summed E-state index contributed by atoms with van der Waals surface area (Å²) in [5.74, 6) is -1.15. The van der Waals surface area contributed by atoms with Gasteiger partial charge >= 0.3 is 5.69 Å². The maximum atomic E-state index is 13.3. The molecule has 0 amide bonds. The number of nitrogens with zero attached hydrogens (tertiary/aromatic N) is 1. The van der Waals surface area contributed by atoms with E-state index in [1.165, 1.54) is 18.2 Å². The SMILES string of the molecule is Cc1cc(O)ccc1NS(=O)(=O)c1ccc(F)c([N+](=O)[O-])c1. The van der Waals surface area contributed by atoms with E-state index in [-0.39, 0.29) is 11.4 Å². The molecule has 2 aromatic carbocycles. The summed E-state index contributed by atoms with van der Waals surface area (Å²) < 4.78 is 39.9. The fraction of sp³-hybridized carbons (Fsp3) is 0.0769. The van der Waals surface area contributed by atoms with Crippen molar-refractivity contribution in [2.75, 3.05) is 4.72 Å². The third-order valence-electron chi connectivity index (χ3n) is 2.88. The molecule has 116 valence electrons. The number of aromatic hydroxyl groups is 1. The summed E-state index contributed by atoms with van der Waals surface area (Å²) in [6.45, 7) is 1.57. The van der Waals surface area contributed by atoms with Crippen LogP contribution in [0.1, 0.15) is 5.56 Å². The quantitative estimate of drug-likeness (QED) is 0.510. The van der Waals surface area contributed by atoms with Crippen molar-refractivity contribution >= 4 is 21.4 Å². The highest BCUT2D eigenvalue weighted by Gasteiger charge is 2.22. The van der Waals surface area contributed by atoms with Gasteiger partial charge in [-0.3, -0.25) is 14.8 Å². The molecule has 0 aliphatic heterocycles. The van der Waals surface area contributed by atoms with Crippen LogP contribution < -0.4 is 4.72 Å². The van der Waals surface area contributed by atoms with Gasteiger partial charge in [0.1, 0.15) is 5.75 Å². The highest BCUT2D eigenvalue weighted by molar-refractivity contribution is 7.92. The molecule has 0 unspecified atom stereocenters. The molecule has 0 radical (unpaired) electrons. The van der Waals surface area contributed by atoms with E-state index in [1.807, 2.05) is 0 Å². The van der Waals surface area contributed by atoms with Gasteiger partial charge in [-0.1, -0.05) is 0 Å². The maximum Gasteiger partial charge on any atom is 0.306 e. The van der Waals surface area contributed by atoms with Crippen LogP contribution in [0.2, 0.25) is 0 Å². The Morgan fingerprint density at radius 2 is 1.91 bits per heavy atom. The van der Waals surface area contributed by atoms with E-state index in [0.717, 1.165) is 12.1 Å². The second-order valence-corrected chi connectivity index (χ2v) is 6.16. The minimum absolute atomic E-state index is 0.0298. The summed E-state index contributed by atoms with van der Waals surface area (Å²) in [6.07, 6.45) is 0. The number of halogens is 1. The number of phenols is 1. The van der Waals surface area contributed by atoms with Gasteiger partial charge in [0.25, 0.3) is 10.0 Å². The lowest BCUT2D eigenvalue weighted by atomic mass is 10.2. The van der Waals surface area contributed by atoms with Gasteiger partial charge in [-0.25, -0.2) is 8.42 Å². The Morgan fingerprint density at radius 1 is 1.23 bits per heavy atom. The zero-order valence-electron chi connectivity index (χ0n) is 11.3. The Hall–Kier alpha value is -2.68. The van der Waals surface area contributed by atoms with Gasteiger partial charge in [0.2, 0.25) is 5.82 Å². The van der Waals surface area contributed by atoms with Crippen molar-refractivity contribution in [3.8, 4) is 5.75 Å². The van der Waals surface area contributed by atoms with Gasteiger partial charge in [-0.05, 0) is 42.8 Å². The molecule has 2 aromatic rings. The van der Waals surface area contributed by atoms with Crippen molar-refractivity contribution in [1.29, 1.82) is 0 Å². The first-order chi connectivity index (χ1) is 10.2. The molecule has 0 spiro atoms. The number of anilines is 1. The van der Waals surface area contributed by atoms with Gasteiger partial charge < -0.3 is 5.11 Å². The second kappa shape index (κ2) is 5.60. The number of nitro benzene ring substituents is 1. The molecule has 0 aliphatic carbocycles. The van der Waals surface area contributed by atoms with Gasteiger partial charge in [0.05, 0.1) is 15.5 Å². The Bertz CT molecular complexity index is 852. The molecule has 9 heteroatoms. The highest BCUT2D eigenvalue weighted by Crippen LogP contribution is 2.26. The van der Waals surface area contributed by atoms with Gasteiger partial charge in [-0.2, -0.15) is 4.39 Å². The van der Waals surface area contributed by atoms with Crippen molar-refractivity contribution in [3.05, 3.63) is 57.9 Å². The number of benzene rings is 2. The average Bonchev–Trinajstić information content (AvgIpc) is 2.42. The normalized spacial score (nSPS) is 11.2. The van der Waals surface area contributed by atoms with E-state index in [2.05, 4.69) is 4.72 Å². The van der Waals surface area contributed by atoms with Crippen LogP contribution in [0.15, 0.2) is 41.3 Å². The first kappa shape index (κ1) is 15.7. The molecule has 7 nitrogen and oxygen atoms in total. The minimum Gasteiger partial charge on any atom is -0.508 e. The Morgan fingerprint density at radius 3 is 2.50 bits per heavy atom. The standard InChI is InChI=1S/C13H11FN2O5S/c1-8-6-9(17)2-5-12(8)15-22(20,21)10-3-4-11(14)13(7-10)16(18)19/h2-7,15,17H,1H3. The lowest BCUT2D eigenvalue weighted by molar-refractivity contribution is -0.387. The van der Waals surface area contributed by atoms with Crippen molar-refractivity contribution < 1.29 is 22.8 Å². The van der Waals surface area contributed by atoms with Crippen LogP contribution in [0.3, 0.4) is 0 Å². The summed E-state index contributed by atoms with van der Waals surface area (Å²) in [5.41, 5.74) is -0.268. The average molecular weight is 326 g/mol. The molecule has 0 aromatic heterocycles. The lowest BCUT2D eigenvalue weighted by Gasteiger charge is -2.10. The number of aryl methyl sites for hydroxylation is 1. The van der Waals surface area contributed by atoms with Crippen molar-refractivity contribution in [1.82, 2.24) is 0 Å². The largest absolute Gasteiger partial charge is 0.508 e. The van der Waals surface area contributed by atoms with Crippen molar-refractivity contribution in [2.45, 2.75) is 11.8 Å². The van der Waals surface area contributed by atoms with Crippen LogP contribution in [0, 0.1) is 22.9 Å². The number of rotatable bonds is 4. The summed E-state index contributed by atoms with van der Waals surface area (Å²) >= 11 is 0. The first-order valence-corrected chi connectivity index (χ1v) is 7.45. The van der Waals surface area contributed by atoms with Crippen LogP contribution in [-0.4, -0.2) is 18.4 Å². The molecule has 2 N–H and O–H groups in total. The van der Waals surface area contributed by atoms with E-state index >= 15 is 0 Å². The van der Waals surface area contributed by atoms with Crippen molar-refractivity contribution in [2.24, 2.45) is 0 Å². The monoisotopic (exact) mass is 326 g/mol. The Balaban J connectivity index is 2.42. The molecule has 0 saturated heterocycles. The fourth-order valence-electron chi connectivity index (χ4n) is 1.77. The molecule has 2 rings (SSSR count). The Kier molecular flexibility index (Phi) is 4.00. The van der Waals surface area contributed by atoms with E-state index in [0.29, 0.717) is 11.6 Å². The molecule has 0 bridgehead atoms. The van der Waals surface area contributed by atoms with Gasteiger partial charge in [0.15, 0.2) is 0 Å². The zero-order chi connectivity index (χ0) is 16.5. The predicted molar refractivity (Wildman–Crippen MR) is 76.7 cm³/mol. The summed E-state index contributed by atoms with van der Waals surface area (Å²) in [7, 11) is -4.12. The number of nitrogens with one attached hydrogen (secondary N) is 1. The third kappa shape index (κ3) is 3.14. The molecular formula is C13H11FN2O5S. The lowest BCUT2D eigenvalue weighted by Crippen LogP contribution is -2.14. The van der Waals surface area contributed by atoms with Crippen LogP contribution in [0.4, 0.5) is 15.8 Å². The zero-order valence-corrected chi connectivity index (χ0v) is 12.1. The van der Waals surface area contributed by atoms with Crippen molar-refractivity contribution in [3.63, 3.8) is 0 Å². The minimum atomic E-state index is -4.12. The van der Waals surface area contributed by atoms with E-state index in [4.69, 9.17) is 0 Å². The predicted octanol–water partition coefficient (Wildman–Crippen LogP) is 2.55. The van der Waals surface area contributed by atoms with Crippen LogP contribution in [0.5, 0.6) is 5.75 Å². The molecule has 0 heterocycles. The van der Waals surface area contributed by atoms with E-state index < -0.39 is 31.3 Å². The number of nitro groups is 1. The number of phenolic OH excluding ortho intramolecular Hbond substituents is 1.